The summed E-state index contributed by atoms with van der Waals surface area (Å²) < 4.78 is 5.44. The molecular formula is C13H26N2O. The van der Waals surface area contributed by atoms with E-state index in [9.17, 15) is 0 Å². The van der Waals surface area contributed by atoms with Crippen molar-refractivity contribution < 1.29 is 4.74 Å². The van der Waals surface area contributed by atoms with Gasteiger partial charge in [0.1, 0.15) is 0 Å². The van der Waals surface area contributed by atoms with E-state index in [0.29, 0.717) is 5.41 Å². The zero-order valence-corrected chi connectivity index (χ0v) is 10.7. The van der Waals surface area contributed by atoms with E-state index < -0.39 is 0 Å². The van der Waals surface area contributed by atoms with Crippen molar-refractivity contribution in [3.05, 3.63) is 0 Å². The average molecular weight is 226 g/mol. The van der Waals surface area contributed by atoms with Crippen molar-refractivity contribution in [2.75, 3.05) is 39.9 Å². The van der Waals surface area contributed by atoms with Crippen molar-refractivity contribution >= 4 is 0 Å². The molecule has 0 aromatic heterocycles. The van der Waals surface area contributed by atoms with E-state index in [1.54, 1.807) is 0 Å². The van der Waals surface area contributed by atoms with Gasteiger partial charge in [-0.2, -0.15) is 0 Å². The molecule has 0 bridgehead atoms. The van der Waals surface area contributed by atoms with Gasteiger partial charge in [-0.25, -0.2) is 0 Å². The molecular weight excluding hydrogens is 200 g/mol. The predicted octanol–water partition coefficient (Wildman–Crippen LogP) is 1.33. The van der Waals surface area contributed by atoms with E-state index >= 15 is 0 Å². The maximum absolute atomic E-state index is 5.98. The van der Waals surface area contributed by atoms with Gasteiger partial charge in [0, 0.05) is 26.3 Å². The minimum atomic E-state index is 0.325. The number of nitrogens with two attached hydrogens (primary N) is 1. The van der Waals surface area contributed by atoms with Crippen LogP contribution in [0.25, 0.3) is 0 Å². The lowest BCUT2D eigenvalue weighted by Crippen LogP contribution is -2.45. The molecule has 0 aromatic rings. The van der Waals surface area contributed by atoms with Gasteiger partial charge in [0.2, 0.25) is 0 Å². The van der Waals surface area contributed by atoms with Gasteiger partial charge in [0.25, 0.3) is 0 Å². The second kappa shape index (κ2) is 5.03. The van der Waals surface area contributed by atoms with E-state index in [4.69, 9.17) is 10.5 Å². The van der Waals surface area contributed by atoms with Crippen LogP contribution < -0.4 is 5.73 Å². The summed E-state index contributed by atoms with van der Waals surface area (Å²) in [5.74, 6) is 1.89. The van der Waals surface area contributed by atoms with Gasteiger partial charge in [-0.3, -0.25) is 0 Å². The van der Waals surface area contributed by atoms with E-state index in [-0.39, 0.29) is 0 Å². The zero-order valence-electron chi connectivity index (χ0n) is 10.7. The van der Waals surface area contributed by atoms with Crippen LogP contribution in [0.1, 0.15) is 26.2 Å². The second-order valence-corrected chi connectivity index (χ2v) is 5.99. The molecule has 1 aliphatic heterocycles. The molecule has 16 heavy (non-hydrogen) atoms. The van der Waals surface area contributed by atoms with Crippen molar-refractivity contribution in [1.82, 2.24) is 4.90 Å². The van der Waals surface area contributed by atoms with Gasteiger partial charge in [0.15, 0.2) is 0 Å². The van der Waals surface area contributed by atoms with Crippen LogP contribution in [0.4, 0.5) is 0 Å². The fourth-order valence-corrected chi connectivity index (χ4v) is 2.92. The number of hydrogen-bond donors (Lipinski definition) is 1. The molecule has 3 nitrogen and oxygen atoms in total. The van der Waals surface area contributed by atoms with Crippen molar-refractivity contribution in [1.29, 1.82) is 0 Å². The Bertz CT molecular complexity index is 226. The molecule has 2 atom stereocenters. The Kier molecular flexibility index (Phi) is 3.88. The van der Waals surface area contributed by atoms with Crippen LogP contribution in [0, 0.1) is 17.3 Å². The third kappa shape index (κ3) is 2.96. The first-order valence-corrected chi connectivity index (χ1v) is 6.61. The van der Waals surface area contributed by atoms with Gasteiger partial charge in [-0.15, -0.1) is 0 Å². The van der Waals surface area contributed by atoms with E-state index in [0.717, 1.165) is 51.0 Å². The Labute approximate surface area is 99.3 Å². The first-order valence-electron chi connectivity index (χ1n) is 6.61. The van der Waals surface area contributed by atoms with Crippen molar-refractivity contribution in [2.45, 2.75) is 26.2 Å². The fourth-order valence-electron chi connectivity index (χ4n) is 2.92. The van der Waals surface area contributed by atoms with Gasteiger partial charge in [0.05, 0.1) is 0 Å². The highest BCUT2D eigenvalue weighted by Crippen LogP contribution is 2.39. The topological polar surface area (TPSA) is 38.5 Å². The maximum Gasteiger partial charge on any atom is 0.0472 e. The first-order chi connectivity index (χ1) is 7.65. The van der Waals surface area contributed by atoms with E-state index in [1.165, 1.54) is 13.0 Å². The molecule has 2 N–H and O–H groups in total. The Morgan fingerprint density at radius 1 is 1.38 bits per heavy atom. The van der Waals surface area contributed by atoms with Crippen LogP contribution in [0.3, 0.4) is 0 Å². The summed E-state index contributed by atoms with van der Waals surface area (Å²) in [7, 11) is 2.25. The van der Waals surface area contributed by atoms with Crippen molar-refractivity contribution in [3.63, 3.8) is 0 Å². The minimum Gasteiger partial charge on any atom is -0.381 e. The Balaban J connectivity index is 1.80. The Hall–Kier alpha value is -0.120. The molecule has 2 unspecified atom stereocenters. The predicted molar refractivity (Wildman–Crippen MR) is 66.3 cm³/mol. The lowest BCUT2D eigenvalue weighted by molar-refractivity contribution is 0.00305. The quantitative estimate of drug-likeness (QED) is 0.768. The number of hydrogen-bond acceptors (Lipinski definition) is 3. The maximum atomic E-state index is 5.98. The van der Waals surface area contributed by atoms with Crippen LogP contribution >= 0.6 is 0 Å². The smallest absolute Gasteiger partial charge is 0.0472 e. The molecule has 94 valence electrons. The van der Waals surface area contributed by atoms with Gasteiger partial charge >= 0.3 is 0 Å². The van der Waals surface area contributed by atoms with Crippen LogP contribution in [0.15, 0.2) is 0 Å². The minimum absolute atomic E-state index is 0.325. The number of rotatable bonds is 5. The van der Waals surface area contributed by atoms with Crippen LogP contribution in [-0.2, 0) is 4.74 Å². The molecule has 1 saturated carbocycles. The van der Waals surface area contributed by atoms with Gasteiger partial charge < -0.3 is 15.4 Å². The molecule has 1 heterocycles. The van der Waals surface area contributed by atoms with E-state index in [1.807, 2.05) is 0 Å². The second-order valence-electron chi connectivity index (χ2n) is 5.99. The first kappa shape index (κ1) is 12.3. The highest BCUT2D eigenvalue weighted by atomic mass is 16.5. The number of ether oxygens (including phenoxy) is 1. The lowest BCUT2D eigenvalue weighted by atomic mass is 9.80. The largest absolute Gasteiger partial charge is 0.381 e. The summed E-state index contributed by atoms with van der Waals surface area (Å²) in [5.41, 5.74) is 6.30. The van der Waals surface area contributed by atoms with Crippen LogP contribution in [-0.4, -0.2) is 44.8 Å². The number of nitrogens with zero attached hydrogens (tertiary/aromatic N) is 1. The molecule has 0 aromatic carbocycles. The SMILES string of the molecule is CC1CC1CN(C)CC1(CN)CCOCC1. The molecule has 1 aliphatic carbocycles. The third-order valence-corrected chi connectivity index (χ3v) is 4.41. The van der Waals surface area contributed by atoms with Crippen molar-refractivity contribution in [2.24, 2.45) is 23.0 Å². The average Bonchev–Trinajstić information content (AvgIpc) is 2.95. The molecule has 0 amide bonds. The highest BCUT2D eigenvalue weighted by molar-refractivity contribution is 4.89. The standard InChI is InChI=1S/C13H26N2O/c1-11-7-12(11)8-15(2)10-13(9-14)3-5-16-6-4-13/h11-12H,3-10,14H2,1-2H3. The van der Waals surface area contributed by atoms with E-state index in [2.05, 4.69) is 18.9 Å². The molecule has 2 fully saturated rings. The molecule has 2 aliphatic rings. The molecule has 1 saturated heterocycles. The molecule has 3 heteroatoms. The van der Waals surface area contributed by atoms with Crippen LogP contribution in [0.2, 0.25) is 0 Å². The summed E-state index contributed by atoms with van der Waals surface area (Å²) in [6.45, 7) is 7.35. The normalized spacial score (nSPS) is 33.0. The molecule has 0 radical (unpaired) electrons. The summed E-state index contributed by atoms with van der Waals surface area (Å²) >= 11 is 0. The third-order valence-electron chi connectivity index (χ3n) is 4.41. The molecule has 0 spiro atoms. The lowest BCUT2D eigenvalue weighted by Gasteiger charge is -2.39. The van der Waals surface area contributed by atoms with Crippen LogP contribution in [0.5, 0.6) is 0 Å². The van der Waals surface area contributed by atoms with Gasteiger partial charge in [-0.1, -0.05) is 6.92 Å². The monoisotopic (exact) mass is 226 g/mol. The summed E-state index contributed by atoms with van der Waals surface area (Å²) in [5, 5.41) is 0. The Morgan fingerprint density at radius 2 is 2.00 bits per heavy atom. The zero-order chi connectivity index (χ0) is 11.6. The van der Waals surface area contributed by atoms with Gasteiger partial charge in [-0.05, 0) is 50.1 Å². The summed E-state index contributed by atoms with van der Waals surface area (Å²) in [6.07, 6.45) is 3.69. The molecule has 2 rings (SSSR count). The fraction of sp³-hybridized carbons (Fsp3) is 1.00. The Morgan fingerprint density at radius 3 is 2.50 bits per heavy atom. The van der Waals surface area contributed by atoms with Crippen molar-refractivity contribution in [3.8, 4) is 0 Å². The highest BCUT2D eigenvalue weighted by Gasteiger charge is 2.36. The summed E-state index contributed by atoms with van der Waals surface area (Å²) in [6, 6.07) is 0. The summed E-state index contributed by atoms with van der Waals surface area (Å²) in [4.78, 5) is 2.49.